The number of benzene rings is 1. The quantitative estimate of drug-likeness (QED) is 0.809. The van der Waals surface area contributed by atoms with E-state index in [-0.39, 0.29) is 18.7 Å². The lowest BCUT2D eigenvalue weighted by molar-refractivity contribution is 0.122. The molecule has 1 aromatic carbocycles. The number of aliphatic hydroxyl groups excluding tert-OH is 1. The standard InChI is InChI=1S/C15H25BrN2O/c1-11(2)18(9-6-10-19)15(12(3)17)13-7-4-5-8-14(13)16/h4-5,7-8,11-12,15,19H,6,9-10,17H2,1-3H3. The lowest BCUT2D eigenvalue weighted by Crippen LogP contribution is -2.44. The number of hydrogen-bond donors (Lipinski definition) is 2. The number of rotatable bonds is 7. The molecule has 1 aromatic rings. The summed E-state index contributed by atoms with van der Waals surface area (Å²) in [7, 11) is 0. The zero-order chi connectivity index (χ0) is 14.4. The minimum atomic E-state index is 0.0276. The predicted molar refractivity (Wildman–Crippen MR) is 84.1 cm³/mol. The van der Waals surface area contributed by atoms with Crippen LogP contribution >= 0.6 is 15.9 Å². The van der Waals surface area contributed by atoms with E-state index in [0.29, 0.717) is 6.04 Å². The van der Waals surface area contributed by atoms with Crippen molar-refractivity contribution in [2.24, 2.45) is 5.73 Å². The molecule has 0 spiro atoms. The van der Waals surface area contributed by atoms with Crippen LogP contribution in [0.5, 0.6) is 0 Å². The fourth-order valence-corrected chi connectivity index (χ4v) is 2.97. The lowest BCUT2D eigenvalue weighted by Gasteiger charge is -2.38. The van der Waals surface area contributed by atoms with E-state index >= 15 is 0 Å². The van der Waals surface area contributed by atoms with Gasteiger partial charge in [0.1, 0.15) is 0 Å². The Hall–Kier alpha value is -0.420. The summed E-state index contributed by atoms with van der Waals surface area (Å²) in [5.74, 6) is 0. The van der Waals surface area contributed by atoms with Gasteiger partial charge < -0.3 is 10.8 Å². The molecule has 1 rings (SSSR count). The first kappa shape index (κ1) is 16.6. The number of halogens is 1. The van der Waals surface area contributed by atoms with Crippen molar-refractivity contribution < 1.29 is 5.11 Å². The minimum absolute atomic E-state index is 0.0276. The highest BCUT2D eigenvalue weighted by Crippen LogP contribution is 2.31. The molecule has 19 heavy (non-hydrogen) atoms. The summed E-state index contributed by atoms with van der Waals surface area (Å²) < 4.78 is 1.09. The number of nitrogens with zero attached hydrogens (tertiary/aromatic N) is 1. The molecule has 0 bridgehead atoms. The van der Waals surface area contributed by atoms with Crippen LogP contribution in [0.4, 0.5) is 0 Å². The van der Waals surface area contributed by atoms with E-state index in [1.165, 1.54) is 5.56 Å². The number of aliphatic hydroxyl groups is 1. The van der Waals surface area contributed by atoms with Gasteiger partial charge in [-0.3, -0.25) is 4.90 Å². The third-order valence-electron chi connectivity index (χ3n) is 3.32. The molecule has 0 heterocycles. The summed E-state index contributed by atoms with van der Waals surface area (Å²) >= 11 is 3.62. The van der Waals surface area contributed by atoms with E-state index in [4.69, 9.17) is 10.8 Å². The van der Waals surface area contributed by atoms with Gasteiger partial charge in [0, 0.05) is 29.7 Å². The summed E-state index contributed by atoms with van der Waals surface area (Å²) in [4.78, 5) is 2.36. The van der Waals surface area contributed by atoms with Crippen molar-refractivity contribution in [1.82, 2.24) is 4.90 Å². The fraction of sp³-hybridized carbons (Fsp3) is 0.600. The van der Waals surface area contributed by atoms with Gasteiger partial charge in [-0.25, -0.2) is 0 Å². The Balaban J connectivity index is 3.07. The van der Waals surface area contributed by atoms with Crippen molar-refractivity contribution in [1.29, 1.82) is 0 Å². The largest absolute Gasteiger partial charge is 0.396 e. The zero-order valence-corrected chi connectivity index (χ0v) is 13.6. The Morgan fingerprint density at radius 3 is 2.37 bits per heavy atom. The molecule has 0 radical (unpaired) electrons. The Labute approximate surface area is 124 Å². The van der Waals surface area contributed by atoms with Crippen LogP contribution < -0.4 is 5.73 Å². The van der Waals surface area contributed by atoms with Crippen LogP contribution in [0.1, 0.15) is 38.8 Å². The van der Waals surface area contributed by atoms with E-state index in [0.717, 1.165) is 17.4 Å². The van der Waals surface area contributed by atoms with E-state index in [9.17, 15) is 0 Å². The molecular formula is C15H25BrN2O. The third kappa shape index (κ3) is 4.56. The van der Waals surface area contributed by atoms with Gasteiger partial charge >= 0.3 is 0 Å². The molecule has 108 valence electrons. The molecule has 0 aliphatic carbocycles. The summed E-state index contributed by atoms with van der Waals surface area (Å²) in [6, 6.07) is 8.79. The second kappa shape index (κ2) is 8.00. The van der Waals surface area contributed by atoms with Gasteiger partial charge in [0.05, 0.1) is 6.04 Å². The molecule has 2 unspecified atom stereocenters. The van der Waals surface area contributed by atoms with Crippen molar-refractivity contribution in [2.75, 3.05) is 13.2 Å². The van der Waals surface area contributed by atoms with Gasteiger partial charge in [0.25, 0.3) is 0 Å². The fourth-order valence-electron chi connectivity index (χ4n) is 2.45. The van der Waals surface area contributed by atoms with Crippen LogP contribution in [0.3, 0.4) is 0 Å². The first-order valence-corrected chi connectivity index (χ1v) is 7.65. The lowest BCUT2D eigenvalue weighted by atomic mass is 9.97. The molecule has 3 nitrogen and oxygen atoms in total. The van der Waals surface area contributed by atoms with Gasteiger partial charge in [-0.2, -0.15) is 0 Å². The Morgan fingerprint density at radius 1 is 1.26 bits per heavy atom. The van der Waals surface area contributed by atoms with Crippen LogP contribution in [0, 0.1) is 0 Å². The molecule has 0 saturated heterocycles. The van der Waals surface area contributed by atoms with E-state index in [1.54, 1.807) is 0 Å². The van der Waals surface area contributed by atoms with Gasteiger partial charge in [-0.1, -0.05) is 34.1 Å². The second-order valence-electron chi connectivity index (χ2n) is 5.23. The molecule has 0 amide bonds. The van der Waals surface area contributed by atoms with Crippen LogP contribution in [-0.4, -0.2) is 35.2 Å². The van der Waals surface area contributed by atoms with Crippen molar-refractivity contribution >= 4 is 15.9 Å². The highest BCUT2D eigenvalue weighted by atomic mass is 79.9. The van der Waals surface area contributed by atoms with Gasteiger partial charge in [-0.05, 0) is 38.8 Å². The van der Waals surface area contributed by atoms with Crippen LogP contribution in [0.2, 0.25) is 0 Å². The Morgan fingerprint density at radius 2 is 1.89 bits per heavy atom. The van der Waals surface area contributed by atoms with Gasteiger partial charge in [0.15, 0.2) is 0 Å². The summed E-state index contributed by atoms with van der Waals surface area (Å²) in [5.41, 5.74) is 7.44. The molecule has 2 atom stereocenters. The maximum atomic E-state index is 9.08. The normalized spacial score (nSPS) is 14.9. The highest BCUT2D eigenvalue weighted by molar-refractivity contribution is 9.10. The molecule has 3 N–H and O–H groups in total. The van der Waals surface area contributed by atoms with Crippen LogP contribution in [0.15, 0.2) is 28.7 Å². The molecule has 0 aliphatic rings. The average molecular weight is 329 g/mol. The van der Waals surface area contributed by atoms with E-state index in [1.807, 2.05) is 19.1 Å². The Bertz CT molecular complexity index is 382. The topological polar surface area (TPSA) is 49.5 Å². The maximum absolute atomic E-state index is 9.08. The summed E-state index contributed by atoms with van der Waals surface area (Å²) in [6.07, 6.45) is 0.770. The molecular weight excluding hydrogens is 304 g/mol. The first-order chi connectivity index (χ1) is 8.99. The van der Waals surface area contributed by atoms with E-state index in [2.05, 4.69) is 46.8 Å². The average Bonchev–Trinajstić information content (AvgIpc) is 2.35. The SMILES string of the molecule is CC(N)C(c1ccccc1Br)N(CCCO)C(C)C. The van der Waals surface area contributed by atoms with Gasteiger partial charge in [0.2, 0.25) is 0 Å². The summed E-state index contributed by atoms with van der Waals surface area (Å²) in [5, 5.41) is 9.08. The molecule has 0 aromatic heterocycles. The maximum Gasteiger partial charge on any atom is 0.0510 e. The molecule has 0 aliphatic heterocycles. The third-order valence-corrected chi connectivity index (χ3v) is 4.04. The minimum Gasteiger partial charge on any atom is -0.396 e. The molecule has 0 fully saturated rings. The number of hydrogen-bond acceptors (Lipinski definition) is 3. The van der Waals surface area contributed by atoms with Crippen LogP contribution in [0.25, 0.3) is 0 Å². The molecule has 4 heteroatoms. The first-order valence-electron chi connectivity index (χ1n) is 6.85. The van der Waals surface area contributed by atoms with Crippen molar-refractivity contribution in [3.63, 3.8) is 0 Å². The van der Waals surface area contributed by atoms with Gasteiger partial charge in [-0.15, -0.1) is 0 Å². The van der Waals surface area contributed by atoms with Crippen molar-refractivity contribution in [2.45, 2.75) is 45.3 Å². The van der Waals surface area contributed by atoms with Crippen molar-refractivity contribution in [3.05, 3.63) is 34.3 Å². The van der Waals surface area contributed by atoms with Crippen molar-refractivity contribution in [3.8, 4) is 0 Å². The zero-order valence-electron chi connectivity index (χ0n) is 12.0. The number of nitrogens with two attached hydrogens (primary N) is 1. The van der Waals surface area contributed by atoms with Crippen LogP contribution in [-0.2, 0) is 0 Å². The monoisotopic (exact) mass is 328 g/mol. The second-order valence-corrected chi connectivity index (χ2v) is 6.09. The smallest absolute Gasteiger partial charge is 0.0510 e. The highest BCUT2D eigenvalue weighted by Gasteiger charge is 2.27. The predicted octanol–water partition coefficient (Wildman–Crippen LogP) is 2.93. The molecule has 0 saturated carbocycles. The van der Waals surface area contributed by atoms with E-state index < -0.39 is 0 Å². The summed E-state index contributed by atoms with van der Waals surface area (Å²) in [6.45, 7) is 7.44. The Kier molecular flexibility index (Phi) is 7.00.